The molecule has 4 rings (SSSR count). The van der Waals surface area contributed by atoms with Crippen LogP contribution in [0.1, 0.15) is 81.5 Å². The molecule has 0 spiro atoms. The van der Waals surface area contributed by atoms with Gasteiger partial charge >= 0.3 is 5.97 Å². The molecular formula is C37H58N4O2. The molecule has 2 aliphatic rings. The summed E-state index contributed by atoms with van der Waals surface area (Å²) >= 11 is 0. The smallest absolute Gasteiger partial charge is 0.305 e. The van der Waals surface area contributed by atoms with Crippen molar-refractivity contribution in [1.82, 2.24) is 20.0 Å². The molecule has 2 fully saturated rings. The summed E-state index contributed by atoms with van der Waals surface area (Å²) < 4.78 is 4.99. The standard InChI is InChI=1S/C28H38N2O2.C9H20N2/c1-4-32-28(31)14-6-5-7-15-29-16-18-30(19-17-29)24(3)27-13-9-12-26(22-27)21-25-11-8-10-23(2)20-25;1-3-4-6-11-7-5-10-9(2)8-11/h8-13,20,22H,3-7,14-19,21H2,1-2H3;9-10H,3-8H2,1-2H3. The van der Waals surface area contributed by atoms with E-state index >= 15 is 0 Å². The maximum absolute atomic E-state index is 11.4. The number of hydrogen-bond acceptors (Lipinski definition) is 6. The van der Waals surface area contributed by atoms with Crippen LogP contribution in [0.3, 0.4) is 0 Å². The van der Waals surface area contributed by atoms with Gasteiger partial charge in [-0.2, -0.15) is 0 Å². The highest BCUT2D eigenvalue weighted by Gasteiger charge is 2.19. The molecule has 238 valence electrons. The minimum absolute atomic E-state index is 0.0671. The largest absolute Gasteiger partial charge is 0.466 e. The Morgan fingerprint density at radius 2 is 1.63 bits per heavy atom. The Labute approximate surface area is 262 Å². The Morgan fingerprint density at radius 3 is 2.33 bits per heavy atom. The van der Waals surface area contributed by atoms with E-state index in [0.29, 0.717) is 19.1 Å². The summed E-state index contributed by atoms with van der Waals surface area (Å²) in [4.78, 5) is 18.9. The number of aryl methyl sites for hydroxylation is 1. The third-order valence-corrected chi connectivity index (χ3v) is 8.45. The van der Waals surface area contributed by atoms with Gasteiger partial charge in [-0.3, -0.25) is 9.69 Å². The van der Waals surface area contributed by atoms with E-state index < -0.39 is 0 Å². The van der Waals surface area contributed by atoms with Crippen molar-refractivity contribution in [3.05, 3.63) is 77.4 Å². The highest BCUT2D eigenvalue weighted by Crippen LogP contribution is 2.22. The Morgan fingerprint density at radius 1 is 0.907 bits per heavy atom. The van der Waals surface area contributed by atoms with Crippen molar-refractivity contribution in [2.45, 2.75) is 78.7 Å². The van der Waals surface area contributed by atoms with Gasteiger partial charge in [0, 0.05) is 64.0 Å². The molecule has 2 heterocycles. The average molecular weight is 591 g/mol. The molecule has 0 radical (unpaired) electrons. The predicted octanol–water partition coefficient (Wildman–Crippen LogP) is 6.38. The van der Waals surface area contributed by atoms with Crippen LogP contribution in [0, 0.1) is 6.92 Å². The molecule has 2 aliphatic heterocycles. The van der Waals surface area contributed by atoms with Gasteiger partial charge in [0.15, 0.2) is 0 Å². The van der Waals surface area contributed by atoms with Gasteiger partial charge in [0.1, 0.15) is 0 Å². The lowest BCUT2D eigenvalue weighted by Crippen LogP contribution is -2.49. The molecule has 1 unspecified atom stereocenters. The van der Waals surface area contributed by atoms with E-state index in [0.717, 1.165) is 64.1 Å². The number of unbranched alkanes of at least 4 members (excludes halogenated alkanes) is 3. The number of carbonyl (C=O) groups is 1. The van der Waals surface area contributed by atoms with Crippen LogP contribution in [0.4, 0.5) is 0 Å². The van der Waals surface area contributed by atoms with Gasteiger partial charge in [0.2, 0.25) is 0 Å². The molecule has 0 aromatic heterocycles. The fourth-order valence-electron chi connectivity index (χ4n) is 5.95. The molecule has 1 N–H and O–H groups in total. The second-order valence-corrected chi connectivity index (χ2v) is 12.3. The first-order valence-corrected chi connectivity index (χ1v) is 16.8. The quantitative estimate of drug-likeness (QED) is 0.204. The molecule has 6 nitrogen and oxygen atoms in total. The van der Waals surface area contributed by atoms with E-state index in [1.54, 1.807) is 0 Å². The first kappa shape index (κ1) is 34.8. The van der Waals surface area contributed by atoms with Crippen molar-refractivity contribution in [2.24, 2.45) is 0 Å². The Balaban J connectivity index is 0.000000386. The van der Waals surface area contributed by atoms with Crippen LogP contribution in [0.25, 0.3) is 5.70 Å². The van der Waals surface area contributed by atoms with Crippen LogP contribution >= 0.6 is 0 Å². The van der Waals surface area contributed by atoms with Gasteiger partial charge in [-0.25, -0.2) is 0 Å². The Bertz CT molecular complexity index is 1100. The number of benzene rings is 2. The number of ether oxygens (including phenoxy) is 1. The molecule has 0 amide bonds. The lowest BCUT2D eigenvalue weighted by Gasteiger charge is -2.37. The van der Waals surface area contributed by atoms with Gasteiger partial charge in [-0.05, 0) is 82.3 Å². The summed E-state index contributed by atoms with van der Waals surface area (Å²) in [5, 5.41) is 3.45. The lowest BCUT2D eigenvalue weighted by molar-refractivity contribution is -0.143. The number of piperazine rings is 2. The van der Waals surface area contributed by atoms with Gasteiger partial charge in [0.05, 0.1) is 6.61 Å². The first-order chi connectivity index (χ1) is 20.9. The molecule has 2 saturated heterocycles. The number of nitrogens with zero attached hydrogens (tertiary/aromatic N) is 3. The zero-order valence-corrected chi connectivity index (χ0v) is 27.6. The predicted molar refractivity (Wildman–Crippen MR) is 181 cm³/mol. The number of carbonyl (C=O) groups excluding carboxylic acids is 1. The third kappa shape index (κ3) is 13.2. The van der Waals surface area contributed by atoms with Crippen molar-refractivity contribution in [3.8, 4) is 0 Å². The van der Waals surface area contributed by atoms with Gasteiger partial charge in [0.25, 0.3) is 0 Å². The van der Waals surface area contributed by atoms with Crippen LogP contribution in [0.2, 0.25) is 0 Å². The topological polar surface area (TPSA) is 48.1 Å². The SMILES string of the molecule is C=C(c1cccc(Cc2cccc(C)c2)c1)N1CCN(CCCCCC(=O)OCC)CC1.CCCCN1CCNC(C)C1. The van der Waals surface area contributed by atoms with Gasteiger partial charge < -0.3 is 19.9 Å². The van der Waals surface area contributed by atoms with Crippen molar-refractivity contribution in [2.75, 3.05) is 65.5 Å². The summed E-state index contributed by atoms with van der Waals surface area (Å²) in [6, 6.07) is 18.3. The number of rotatable bonds is 14. The van der Waals surface area contributed by atoms with Crippen molar-refractivity contribution in [1.29, 1.82) is 0 Å². The minimum atomic E-state index is -0.0671. The Hall–Kier alpha value is -2.67. The molecule has 2 aromatic rings. The summed E-state index contributed by atoms with van der Waals surface area (Å²) in [6.45, 7) is 23.6. The van der Waals surface area contributed by atoms with Crippen LogP contribution < -0.4 is 5.32 Å². The molecular weight excluding hydrogens is 532 g/mol. The number of nitrogens with one attached hydrogen (secondary N) is 1. The monoisotopic (exact) mass is 590 g/mol. The molecule has 0 aliphatic carbocycles. The van der Waals surface area contributed by atoms with E-state index in [1.807, 2.05) is 6.92 Å². The third-order valence-electron chi connectivity index (χ3n) is 8.45. The van der Waals surface area contributed by atoms with Crippen molar-refractivity contribution < 1.29 is 9.53 Å². The van der Waals surface area contributed by atoms with Crippen molar-refractivity contribution >= 4 is 11.7 Å². The number of esters is 1. The van der Waals surface area contributed by atoms with E-state index in [-0.39, 0.29) is 5.97 Å². The molecule has 43 heavy (non-hydrogen) atoms. The van der Waals surface area contributed by atoms with Gasteiger partial charge in [-0.15, -0.1) is 0 Å². The average Bonchev–Trinajstić information content (AvgIpc) is 3.00. The maximum Gasteiger partial charge on any atom is 0.305 e. The summed E-state index contributed by atoms with van der Waals surface area (Å²) in [6.07, 6.45) is 7.32. The summed E-state index contributed by atoms with van der Waals surface area (Å²) in [5.74, 6) is -0.0671. The molecule has 0 saturated carbocycles. The van der Waals surface area contributed by atoms with Crippen LogP contribution in [0.15, 0.2) is 55.1 Å². The Kier molecular flexibility index (Phi) is 15.9. The maximum atomic E-state index is 11.4. The molecule has 1 atom stereocenters. The van der Waals surface area contributed by atoms with Crippen molar-refractivity contribution in [3.63, 3.8) is 0 Å². The summed E-state index contributed by atoms with van der Waals surface area (Å²) in [7, 11) is 0. The fraction of sp³-hybridized carbons (Fsp3) is 0.595. The van der Waals surface area contributed by atoms with Gasteiger partial charge in [-0.1, -0.05) is 74.4 Å². The summed E-state index contributed by atoms with van der Waals surface area (Å²) in [5.41, 5.74) is 6.34. The van der Waals surface area contributed by atoms with Crippen LogP contribution in [0.5, 0.6) is 0 Å². The van der Waals surface area contributed by atoms with E-state index in [2.05, 4.69) is 95.9 Å². The van der Waals surface area contributed by atoms with E-state index in [4.69, 9.17) is 4.74 Å². The first-order valence-electron chi connectivity index (χ1n) is 16.8. The second-order valence-electron chi connectivity index (χ2n) is 12.3. The fourth-order valence-corrected chi connectivity index (χ4v) is 5.95. The zero-order valence-electron chi connectivity index (χ0n) is 27.6. The minimum Gasteiger partial charge on any atom is -0.466 e. The normalized spacial score (nSPS) is 17.7. The van der Waals surface area contributed by atoms with E-state index in [9.17, 15) is 4.79 Å². The number of hydrogen-bond donors (Lipinski definition) is 1. The van der Waals surface area contributed by atoms with Crippen LogP contribution in [-0.4, -0.2) is 92.2 Å². The highest BCUT2D eigenvalue weighted by atomic mass is 16.5. The molecule has 6 heteroatoms. The zero-order chi connectivity index (χ0) is 30.9. The lowest BCUT2D eigenvalue weighted by atomic mass is 10.0. The van der Waals surface area contributed by atoms with Crippen LogP contribution in [-0.2, 0) is 16.0 Å². The second kappa shape index (κ2) is 19.6. The molecule has 0 bridgehead atoms. The highest BCUT2D eigenvalue weighted by molar-refractivity contribution is 5.69. The van der Waals surface area contributed by atoms with E-state index in [1.165, 1.54) is 61.3 Å². The molecule has 2 aromatic carbocycles.